The Morgan fingerprint density at radius 2 is 1.77 bits per heavy atom. The molecule has 0 aromatic heterocycles. The van der Waals surface area contributed by atoms with Gasteiger partial charge in [0.1, 0.15) is 0 Å². The molecular weight excluding hydrogens is 203 g/mol. The molecule has 5 nitrogen and oxygen atoms in total. The maximum absolute atomic E-state index is 10.7. The zero-order chi connectivity index (χ0) is 9.61. The number of hydrogen-bond donors (Lipinski definition) is 3. The molecule has 5 N–H and O–H groups in total. The van der Waals surface area contributed by atoms with Gasteiger partial charge in [0.15, 0.2) is 0 Å². The molecule has 0 amide bonds. The number of nitrogens with two attached hydrogens (primary N) is 2. The van der Waals surface area contributed by atoms with E-state index in [1.165, 1.54) is 0 Å². The first-order valence-corrected chi connectivity index (χ1v) is 5.39. The monoisotopic (exact) mass is 220 g/mol. The predicted molar refractivity (Wildman–Crippen MR) is 48.4 cm³/mol. The van der Waals surface area contributed by atoms with E-state index in [1.807, 2.05) is 0 Å². The van der Waals surface area contributed by atoms with E-state index in [-0.39, 0.29) is 37.5 Å². The molecule has 0 aliphatic heterocycles. The van der Waals surface area contributed by atoms with Gasteiger partial charge >= 0.3 is 29.6 Å². The molecule has 0 radical (unpaired) electrons. The Kier molecular flexibility index (Phi) is 10.2. The second-order valence-electron chi connectivity index (χ2n) is 2.65. The minimum atomic E-state index is -3.93. The average molecular weight is 220 g/mol. The Bertz CT molecular complexity index is 213. The molecule has 0 spiro atoms. The van der Waals surface area contributed by atoms with Crippen LogP contribution in [-0.2, 0) is 10.1 Å². The van der Waals surface area contributed by atoms with Crippen LogP contribution in [0.3, 0.4) is 0 Å². The standard InChI is InChI=1S/C6H16N2O3S.Na.H/c7-4-1-2-6(3-5-8)12(9,10)11;;/h6H,1-5,7-8H2,(H,9,10,11);;/q;+1;-1. The van der Waals surface area contributed by atoms with Crippen molar-refractivity contribution in [2.45, 2.75) is 24.5 Å². The topological polar surface area (TPSA) is 106 Å². The van der Waals surface area contributed by atoms with Crippen LogP contribution in [-0.4, -0.2) is 31.3 Å². The van der Waals surface area contributed by atoms with Crippen molar-refractivity contribution in [3.05, 3.63) is 0 Å². The third kappa shape index (κ3) is 7.87. The predicted octanol–water partition coefficient (Wildman–Crippen LogP) is -3.55. The van der Waals surface area contributed by atoms with Crippen LogP contribution in [0.25, 0.3) is 0 Å². The van der Waals surface area contributed by atoms with E-state index in [0.29, 0.717) is 25.8 Å². The Labute approximate surface area is 103 Å². The van der Waals surface area contributed by atoms with Gasteiger partial charge in [0.25, 0.3) is 10.1 Å². The maximum Gasteiger partial charge on any atom is 1.00 e. The molecule has 13 heavy (non-hydrogen) atoms. The minimum Gasteiger partial charge on any atom is -1.00 e. The molecule has 0 aromatic carbocycles. The van der Waals surface area contributed by atoms with Crippen LogP contribution in [0.1, 0.15) is 20.7 Å². The summed E-state index contributed by atoms with van der Waals surface area (Å²) in [6, 6.07) is 0. The van der Waals surface area contributed by atoms with Crippen molar-refractivity contribution in [3.63, 3.8) is 0 Å². The summed E-state index contributed by atoms with van der Waals surface area (Å²) in [5, 5.41) is -0.744. The minimum absolute atomic E-state index is 0. The van der Waals surface area contributed by atoms with E-state index in [2.05, 4.69) is 0 Å². The van der Waals surface area contributed by atoms with Crippen LogP contribution >= 0.6 is 0 Å². The molecule has 0 saturated carbocycles. The van der Waals surface area contributed by atoms with Gasteiger partial charge in [-0.3, -0.25) is 4.55 Å². The summed E-state index contributed by atoms with van der Waals surface area (Å²) in [6.45, 7) is 0.686. The fourth-order valence-electron chi connectivity index (χ4n) is 0.974. The number of rotatable bonds is 6. The molecule has 76 valence electrons. The van der Waals surface area contributed by atoms with Crippen molar-refractivity contribution < 1.29 is 44.0 Å². The van der Waals surface area contributed by atoms with E-state index in [0.717, 1.165) is 0 Å². The molecule has 0 rings (SSSR count). The second-order valence-corrected chi connectivity index (χ2v) is 4.34. The fraction of sp³-hybridized carbons (Fsp3) is 1.00. The Morgan fingerprint density at radius 1 is 1.23 bits per heavy atom. The number of hydrogen-bond acceptors (Lipinski definition) is 4. The van der Waals surface area contributed by atoms with Gasteiger partial charge in [-0.05, 0) is 32.4 Å². The van der Waals surface area contributed by atoms with Crippen LogP contribution in [0.5, 0.6) is 0 Å². The molecule has 0 aliphatic rings. The molecule has 1 atom stereocenters. The molecule has 0 aliphatic carbocycles. The zero-order valence-electron chi connectivity index (χ0n) is 8.94. The maximum atomic E-state index is 10.7. The van der Waals surface area contributed by atoms with Crippen molar-refractivity contribution in [2.24, 2.45) is 11.5 Å². The van der Waals surface area contributed by atoms with Gasteiger partial charge in [-0.15, -0.1) is 0 Å². The molecule has 0 fully saturated rings. The van der Waals surface area contributed by atoms with E-state index in [4.69, 9.17) is 16.0 Å². The Balaban J connectivity index is -0.000000605. The SMILES string of the molecule is NCCCC(CCN)S(=O)(=O)O.[H-].[Na+]. The van der Waals surface area contributed by atoms with E-state index in [1.54, 1.807) is 0 Å². The normalized spacial score (nSPS) is 13.5. The van der Waals surface area contributed by atoms with Crippen LogP contribution in [0.2, 0.25) is 0 Å². The Hall–Kier alpha value is 0.830. The molecule has 1 unspecified atom stereocenters. The second kappa shape index (κ2) is 8.16. The van der Waals surface area contributed by atoms with Crippen LogP contribution in [0.4, 0.5) is 0 Å². The molecular formula is C6H17N2NaO3S. The summed E-state index contributed by atoms with van der Waals surface area (Å²) in [5.41, 5.74) is 10.4. The smallest absolute Gasteiger partial charge is 1.00 e. The van der Waals surface area contributed by atoms with Gasteiger partial charge in [-0.1, -0.05) is 0 Å². The van der Waals surface area contributed by atoms with E-state index >= 15 is 0 Å². The first kappa shape index (κ1) is 16.3. The van der Waals surface area contributed by atoms with Crippen LogP contribution in [0.15, 0.2) is 0 Å². The molecule has 0 bridgehead atoms. The summed E-state index contributed by atoms with van der Waals surface area (Å²) in [6.07, 6.45) is 1.26. The fourth-order valence-corrected chi connectivity index (χ4v) is 1.87. The molecule has 0 aromatic rings. The first-order valence-electron chi connectivity index (χ1n) is 3.88. The van der Waals surface area contributed by atoms with Gasteiger partial charge < -0.3 is 12.9 Å². The van der Waals surface area contributed by atoms with Crippen LogP contribution in [0, 0.1) is 0 Å². The van der Waals surface area contributed by atoms with Crippen molar-refractivity contribution in [1.82, 2.24) is 0 Å². The molecule has 7 heteroatoms. The van der Waals surface area contributed by atoms with Gasteiger partial charge in [-0.25, -0.2) is 0 Å². The van der Waals surface area contributed by atoms with E-state index < -0.39 is 15.4 Å². The quantitative estimate of drug-likeness (QED) is 0.317. The van der Waals surface area contributed by atoms with Gasteiger partial charge in [0, 0.05) is 0 Å². The zero-order valence-corrected chi connectivity index (χ0v) is 10.8. The summed E-state index contributed by atoms with van der Waals surface area (Å²) in [7, 11) is -3.93. The van der Waals surface area contributed by atoms with Gasteiger partial charge in [-0.2, -0.15) is 8.42 Å². The van der Waals surface area contributed by atoms with Crippen LogP contribution < -0.4 is 41.0 Å². The van der Waals surface area contributed by atoms with Crippen molar-refractivity contribution in [2.75, 3.05) is 13.1 Å². The molecule has 0 saturated heterocycles. The molecule has 0 heterocycles. The van der Waals surface area contributed by atoms with E-state index in [9.17, 15) is 8.42 Å². The average Bonchev–Trinajstić information content (AvgIpc) is 1.95. The largest absolute Gasteiger partial charge is 1.00 e. The summed E-state index contributed by atoms with van der Waals surface area (Å²) in [4.78, 5) is 0. The summed E-state index contributed by atoms with van der Waals surface area (Å²) in [5.74, 6) is 0. The Morgan fingerprint density at radius 3 is 2.08 bits per heavy atom. The summed E-state index contributed by atoms with van der Waals surface area (Å²) >= 11 is 0. The summed E-state index contributed by atoms with van der Waals surface area (Å²) < 4.78 is 30.1. The third-order valence-corrected chi connectivity index (χ3v) is 2.95. The first-order chi connectivity index (χ1) is 5.52. The third-order valence-electron chi connectivity index (χ3n) is 1.64. The van der Waals surface area contributed by atoms with Gasteiger partial charge in [0.05, 0.1) is 5.25 Å². The van der Waals surface area contributed by atoms with Gasteiger partial charge in [0.2, 0.25) is 0 Å². The van der Waals surface area contributed by atoms with Crippen molar-refractivity contribution in [1.29, 1.82) is 0 Å². The van der Waals surface area contributed by atoms with Crippen molar-refractivity contribution >= 4 is 10.1 Å². The van der Waals surface area contributed by atoms with Crippen molar-refractivity contribution in [3.8, 4) is 0 Å².